The van der Waals surface area contributed by atoms with Crippen molar-refractivity contribution >= 4 is 0 Å². The Morgan fingerprint density at radius 1 is 1.24 bits per heavy atom. The smallest absolute Gasteiger partial charge is 0.161 e. The first-order chi connectivity index (χ1) is 10.2. The van der Waals surface area contributed by atoms with E-state index in [2.05, 4.69) is 11.9 Å². The van der Waals surface area contributed by atoms with Gasteiger partial charge in [0, 0.05) is 6.54 Å². The van der Waals surface area contributed by atoms with E-state index in [1.54, 1.807) is 13.4 Å². The maximum atomic E-state index is 5.65. The fraction of sp³-hybridized carbons (Fsp3) is 0.294. The number of benzene rings is 1. The molecule has 4 nitrogen and oxygen atoms in total. The zero-order valence-corrected chi connectivity index (χ0v) is 12.5. The quantitative estimate of drug-likeness (QED) is 0.754. The first-order valence-electron chi connectivity index (χ1n) is 6.86. The van der Waals surface area contributed by atoms with Gasteiger partial charge in [0.25, 0.3) is 0 Å². The van der Waals surface area contributed by atoms with Crippen LogP contribution in [0.5, 0.6) is 11.5 Å². The second-order valence-corrected chi connectivity index (χ2v) is 4.91. The molecule has 0 aliphatic carbocycles. The fourth-order valence-electron chi connectivity index (χ4n) is 1.89. The van der Waals surface area contributed by atoms with Crippen molar-refractivity contribution in [2.75, 3.05) is 13.7 Å². The first kappa shape index (κ1) is 15.2. The summed E-state index contributed by atoms with van der Waals surface area (Å²) in [6.07, 6.45) is 1.67. The molecule has 0 atom stereocenters. The molecule has 2 aromatic rings. The van der Waals surface area contributed by atoms with Gasteiger partial charge in [0.1, 0.15) is 12.4 Å². The average molecular weight is 287 g/mol. The van der Waals surface area contributed by atoms with Crippen LogP contribution in [0.4, 0.5) is 0 Å². The second-order valence-electron chi connectivity index (χ2n) is 4.91. The Morgan fingerprint density at radius 2 is 2.10 bits per heavy atom. The lowest BCUT2D eigenvalue weighted by Gasteiger charge is -2.12. The van der Waals surface area contributed by atoms with Crippen LogP contribution in [0.25, 0.3) is 0 Å². The molecule has 0 amide bonds. The molecule has 1 heterocycles. The largest absolute Gasteiger partial charge is 0.493 e. The molecule has 1 aromatic heterocycles. The van der Waals surface area contributed by atoms with Crippen molar-refractivity contribution in [1.29, 1.82) is 0 Å². The summed E-state index contributed by atoms with van der Waals surface area (Å²) in [6, 6.07) is 9.75. The number of furan rings is 1. The Kier molecular flexibility index (Phi) is 5.46. The fourth-order valence-corrected chi connectivity index (χ4v) is 1.89. The molecule has 112 valence electrons. The van der Waals surface area contributed by atoms with Gasteiger partial charge in [0.15, 0.2) is 11.5 Å². The standard InChI is InChI=1S/C17H21NO3/c1-13(2)12-21-16-7-6-14(9-17(16)19-3)10-18-11-15-5-4-8-20-15/h4-9,18H,1,10-12H2,2-3H3. The molecule has 0 bridgehead atoms. The lowest BCUT2D eigenvalue weighted by molar-refractivity contribution is 0.319. The van der Waals surface area contributed by atoms with E-state index in [-0.39, 0.29) is 0 Å². The van der Waals surface area contributed by atoms with Crippen molar-refractivity contribution in [1.82, 2.24) is 5.32 Å². The van der Waals surface area contributed by atoms with E-state index >= 15 is 0 Å². The number of rotatable bonds is 8. The molecule has 4 heteroatoms. The maximum Gasteiger partial charge on any atom is 0.161 e. The predicted octanol–water partition coefficient (Wildman–Crippen LogP) is 3.53. The van der Waals surface area contributed by atoms with E-state index in [9.17, 15) is 0 Å². The number of hydrogen-bond acceptors (Lipinski definition) is 4. The summed E-state index contributed by atoms with van der Waals surface area (Å²) in [7, 11) is 1.64. The van der Waals surface area contributed by atoms with Crippen molar-refractivity contribution in [3.05, 3.63) is 60.1 Å². The molecular formula is C17H21NO3. The highest BCUT2D eigenvalue weighted by molar-refractivity contribution is 5.43. The van der Waals surface area contributed by atoms with Crippen molar-refractivity contribution < 1.29 is 13.9 Å². The van der Waals surface area contributed by atoms with Crippen molar-refractivity contribution in [2.45, 2.75) is 20.0 Å². The normalized spacial score (nSPS) is 10.4. The molecular weight excluding hydrogens is 266 g/mol. The maximum absolute atomic E-state index is 5.65. The molecule has 0 fully saturated rings. The van der Waals surface area contributed by atoms with Crippen LogP contribution in [0.3, 0.4) is 0 Å². The van der Waals surface area contributed by atoms with Gasteiger partial charge in [-0.15, -0.1) is 0 Å². The summed E-state index contributed by atoms with van der Waals surface area (Å²) < 4.78 is 16.3. The van der Waals surface area contributed by atoms with E-state index in [1.807, 2.05) is 37.3 Å². The van der Waals surface area contributed by atoms with Crippen molar-refractivity contribution in [3.63, 3.8) is 0 Å². The Bertz CT molecular complexity index is 576. The van der Waals surface area contributed by atoms with Gasteiger partial charge >= 0.3 is 0 Å². The SMILES string of the molecule is C=C(C)COc1ccc(CNCc2ccco2)cc1OC. The number of nitrogens with one attached hydrogen (secondary N) is 1. The lowest BCUT2D eigenvalue weighted by Crippen LogP contribution is -2.12. The number of ether oxygens (including phenoxy) is 2. The van der Waals surface area contributed by atoms with E-state index < -0.39 is 0 Å². The Labute approximate surface area is 125 Å². The lowest BCUT2D eigenvalue weighted by atomic mass is 10.2. The molecule has 0 unspecified atom stereocenters. The minimum absolute atomic E-state index is 0.493. The first-order valence-corrected chi connectivity index (χ1v) is 6.86. The summed E-state index contributed by atoms with van der Waals surface area (Å²) in [5.41, 5.74) is 2.10. The second kappa shape index (κ2) is 7.55. The van der Waals surface area contributed by atoms with Gasteiger partial charge in [0.05, 0.1) is 19.9 Å². The topological polar surface area (TPSA) is 43.6 Å². The molecule has 0 saturated heterocycles. The van der Waals surface area contributed by atoms with Gasteiger partial charge in [0.2, 0.25) is 0 Å². The van der Waals surface area contributed by atoms with Gasteiger partial charge in [-0.2, -0.15) is 0 Å². The minimum Gasteiger partial charge on any atom is -0.493 e. The van der Waals surface area contributed by atoms with Gasteiger partial charge < -0.3 is 19.2 Å². The van der Waals surface area contributed by atoms with Crippen LogP contribution >= 0.6 is 0 Å². The Balaban J connectivity index is 1.92. The van der Waals surface area contributed by atoms with Crippen LogP contribution in [0.2, 0.25) is 0 Å². The monoisotopic (exact) mass is 287 g/mol. The number of hydrogen-bond donors (Lipinski definition) is 1. The third kappa shape index (κ3) is 4.68. The van der Waals surface area contributed by atoms with Gasteiger partial charge in [-0.25, -0.2) is 0 Å². The summed E-state index contributed by atoms with van der Waals surface area (Å²) in [5.74, 6) is 2.38. The molecule has 0 spiro atoms. The van der Waals surface area contributed by atoms with E-state index in [1.165, 1.54) is 0 Å². The van der Waals surface area contributed by atoms with Gasteiger partial charge in [-0.3, -0.25) is 0 Å². The average Bonchev–Trinajstić information content (AvgIpc) is 2.98. The third-order valence-corrected chi connectivity index (χ3v) is 2.91. The highest BCUT2D eigenvalue weighted by Crippen LogP contribution is 2.28. The van der Waals surface area contributed by atoms with Crippen LogP contribution in [-0.4, -0.2) is 13.7 Å². The predicted molar refractivity (Wildman–Crippen MR) is 82.6 cm³/mol. The van der Waals surface area contributed by atoms with Crippen LogP contribution < -0.4 is 14.8 Å². The molecule has 21 heavy (non-hydrogen) atoms. The molecule has 0 saturated carbocycles. The van der Waals surface area contributed by atoms with Crippen LogP contribution in [0, 0.1) is 0 Å². The third-order valence-electron chi connectivity index (χ3n) is 2.91. The zero-order valence-electron chi connectivity index (χ0n) is 12.5. The summed E-state index contributed by atoms with van der Waals surface area (Å²) in [6.45, 7) is 7.68. The van der Waals surface area contributed by atoms with Gasteiger partial charge in [-0.05, 0) is 42.3 Å². The molecule has 0 aliphatic rings. The van der Waals surface area contributed by atoms with Crippen LogP contribution in [0.1, 0.15) is 18.2 Å². The van der Waals surface area contributed by atoms with E-state index in [0.29, 0.717) is 13.2 Å². The van der Waals surface area contributed by atoms with Crippen LogP contribution in [0.15, 0.2) is 53.2 Å². The van der Waals surface area contributed by atoms with Crippen molar-refractivity contribution in [3.8, 4) is 11.5 Å². The molecule has 0 radical (unpaired) electrons. The molecule has 0 aliphatic heterocycles. The highest BCUT2D eigenvalue weighted by atomic mass is 16.5. The summed E-state index contributed by atoms with van der Waals surface area (Å²) >= 11 is 0. The molecule has 1 N–H and O–H groups in total. The van der Waals surface area contributed by atoms with E-state index in [0.717, 1.165) is 34.9 Å². The van der Waals surface area contributed by atoms with Crippen LogP contribution in [-0.2, 0) is 13.1 Å². The summed E-state index contributed by atoms with van der Waals surface area (Å²) in [5, 5.41) is 3.32. The summed E-state index contributed by atoms with van der Waals surface area (Å²) in [4.78, 5) is 0. The highest BCUT2D eigenvalue weighted by Gasteiger charge is 2.06. The number of methoxy groups -OCH3 is 1. The van der Waals surface area contributed by atoms with Gasteiger partial charge in [-0.1, -0.05) is 12.6 Å². The Morgan fingerprint density at radius 3 is 2.76 bits per heavy atom. The van der Waals surface area contributed by atoms with E-state index in [4.69, 9.17) is 13.9 Å². The zero-order chi connectivity index (χ0) is 15.1. The molecule has 1 aromatic carbocycles. The molecule has 2 rings (SSSR count). The Hall–Kier alpha value is -2.20. The minimum atomic E-state index is 0.493. The van der Waals surface area contributed by atoms with Crippen molar-refractivity contribution in [2.24, 2.45) is 0 Å².